The number of benzene rings is 1. The quantitative estimate of drug-likeness (QED) is 0.895. The van der Waals surface area contributed by atoms with Crippen molar-refractivity contribution in [2.45, 2.75) is 20.5 Å². The van der Waals surface area contributed by atoms with Crippen LogP contribution in [-0.2, 0) is 6.61 Å². The van der Waals surface area contributed by atoms with Crippen LogP contribution < -0.4 is 4.90 Å². The molecule has 0 amide bonds. The Kier molecular flexibility index (Phi) is 3.95. The van der Waals surface area contributed by atoms with Gasteiger partial charge in [0, 0.05) is 18.4 Å². The molecule has 0 aliphatic rings. The number of pyridine rings is 1. The summed E-state index contributed by atoms with van der Waals surface area (Å²) in [5.41, 5.74) is 3.25. The van der Waals surface area contributed by atoms with Crippen LogP contribution in [0.5, 0.6) is 0 Å². The van der Waals surface area contributed by atoms with Crippen LogP contribution in [0.15, 0.2) is 42.6 Å². The van der Waals surface area contributed by atoms with Gasteiger partial charge in [0.15, 0.2) is 0 Å². The molecule has 0 radical (unpaired) electrons. The maximum atomic E-state index is 9.20. The number of anilines is 2. The van der Waals surface area contributed by atoms with Crippen molar-refractivity contribution in [3.63, 3.8) is 0 Å². The van der Waals surface area contributed by atoms with Crippen molar-refractivity contribution in [3.8, 4) is 0 Å². The van der Waals surface area contributed by atoms with E-state index in [2.05, 4.69) is 35.9 Å². The summed E-state index contributed by atoms with van der Waals surface area (Å²) in [6, 6.07) is 12.0. The predicted octanol–water partition coefficient (Wildman–Crippen LogP) is 3.04. The average molecular weight is 242 g/mol. The summed E-state index contributed by atoms with van der Waals surface area (Å²) in [6.07, 6.45) is 1.74. The Balaban J connectivity index is 2.42. The van der Waals surface area contributed by atoms with Gasteiger partial charge in [-0.15, -0.1) is 0 Å². The van der Waals surface area contributed by atoms with Gasteiger partial charge in [0.05, 0.1) is 6.61 Å². The average Bonchev–Trinajstić information content (AvgIpc) is 2.42. The van der Waals surface area contributed by atoms with Crippen LogP contribution in [0.2, 0.25) is 0 Å². The number of aliphatic hydroxyl groups excluding tert-OH is 1. The van der Waals surface area contributed by atoms with Gasteiger partial charge in [-0.1, -0.05) is 18.2 Å². The summed E-state index contributed by atoms with van der Waals surface area (Å²) in [7, 11) is 0. The summed E-state index contributed by atoms with van der Waals surface area (Å²) < 4.78 is 0. The minimum atomic E-state index is 0.0425. The van der Waals surface area contributed by atoms with Gasteiger partial charge in [-0.2, -0.15) is 0 Å². The molecule has 18 heavy (non-hydrogen) atoms. The van der Waals surface area contributed by atoms with Crippen molar-refractivity contribution in [2.24, 2.45) is 0 Å². The van der Waals surface area contributed by atoms with Gasteiger partial charge in [0.1, 0.15) is 5.82 Å². The second kappa shape index (κ2) is 5.65. The fraction of sp³-hybridized carbons (Fsp3) is 0.267. The highest BCUT2D eigenvalue weighted by molar-refractivity contribution is 5.63. The topological polar surface area (TPSA) is 36.4 Å². The van der Waals surface area contributed by atoms with Gasteiger partial charge in [-0.05, 0) is 43.2 Å². The van der Waals surface area contributed by atoms with Crippen molar-refractivity contribution >= 4 is 11.5 Å². The van der Waals surface area contributed by atoms with E-state index in [4.69, 9.17) is 0 Å². The second-order valence-electron chi connectivity index (χ2n) is 4.21. The molecule has 1 aromatic heterocycles. The molecule has 1 N–H and O–H groups in total. The largest absolute Gasteiger partial charge is 0.392 e. The zero-order valence-electron chi connectivity index (χ0n) is 10.8. The third kappa shape index (κ3) is 2.51. The highest BCUT2D eigenvalue weighted by Gasteiger charge is 2.10. The lowest BCUT2D eigenvalue weighted by molar-refractivity contribution is 0.282. The van der Waals surface area contributed by atoms with Crippen molar-refractivity contribution in [2.75, 3.05) is 11.4 Å². The Bertz CT molecular complexity index is 525. The molecule has 0 saturated heterocycles. The third-order valence-electron chi connectivity index (χ3n) is 2.99. The van der Waals surface area contributed by atoms with Gasteiger partial charge < -0.3 is 10.0 Å². The van der Waals surface area contributed by atoms with E-state index in [9.17, 15) is 5.11 Å². The molecule has 3 heteroatoms. The van der Waals surface area contributed by atoms with Gasteiger partial charge in [-0.25, -0.2) is 4.98 Å². The highest BCUT2D eigenvalue weighted by Crippen LogP contribution is 2.26. The van der Waals surface area contributed by atoms with E-state index < -0.39 is 0 Å². The number of hydrogen-bond donors (Lipinski definition) is 1. The van der Waals surface area contributed by atoms with Crippen molar-refractivity contribution < 1.29 is 5.11 Å². The van der Waals surface area contributed by atoms with Gasteiger partial charge in [-0.3, -0.25) is 0 Å². The monoisotopic (exact) mass is 242 g/mol. The lowest BCUT2D eigenvalue weighted by Crippen LogP contribution is -2.18. The molecule has 1 aromatic carbocycles. The summed E-state index contributed by atoms with van der Waals surface area (Å²) in [5, 5.41) is 9.20. The number of para-hydroxylation sites is 1. The lowest BCUT2D eigenvalue weighted by atomic mass is 10.1. The van der Waals surface area contributed by atoms with E-state index in [-0.39, 0.29) is 6.61 Å². The first-order chi connectivity index (χ1) is 8.76. The van der Waals surface area contributed by atoms with E-state index in [0.29, 0.717) is 0 Å². The Hall–Kier alpha value is -1.87. The van der Waals surface area contributed by atoms with Gasteiger partial charge in [0.2, 0.25) is 0 Å². The Morgan fingerprint density at radius 2 is 2.00 bits per heavy atom. The van der Waals surface area contributed by atoms with Crippen LogP contribution in [0.1, 0.15) is 18.1 Å². The van der Waals surface area contributed by atoms with Crippen LogP contribution in [-0.4, -0.2) is 16.6 Å². The minimum Gasteiger partial charge on any atom is -0.392 e. The normalized spacial score (nSPS) is 10.4. The first kappa shape index (κ1) is 12.6. The van der Waals surface area contributed by atoms with E-state index in [1.807, 2.05) is 24.3 Å². The van der Waals surface area contributed by atoms with Crippen LogP contribution in [0, 0.1) is 6.92 Å². The minimum absolute atomic E-state index is 0.0425. The molecule has 2 rings (SSSR count). The molecule has 0 atom stereocenters. The fourth-order valence-electron chi connectivity index (χ4n) is 2.03. The standard InChI is InChI=1S/C15H18N2O/c1-3-17(14-7-5-4-6-12(14)2)15-10-13(11-18)8-9-16-15/h4-10,18H,3,11H2,1-2H3. The molecule has 0 saturated carbocycles. The van der Waals surface area contributed by atoms with Crippen molar-refractivity contribution in [1.29, 1.82) is 0 Å². The number of rotatable bonds is 4. The number of aromatic nitrogens is 1. The zero-order valence-corrected chi connectivity index (χ0v) is 10.8. The molecule has 3 nitrogen and oxygen atoms in total. The maximum absolute atomic E-state index is 9.20. The molecular formula is C15H18N2O. The van der Waals surface area contributed by atoms with Crippen LogP contribution in [0.3, 0.4) is 0 Å². The molecule has 0 aliphatic carbocycles. The molecule has 94 valence electrons. The molecule has 0 spiro atoms. The Labute approximate surface area is 108 Å². The molecule has 0 unspecified atom stereocenters. The predicted molar refractivity (Wildman–Crippen MR) is 74.0 cm³/mol. The van der Waals surface area contributed by atoms with Crippen molar-refractivity contribution in [1.82, 2.24) is 4.98 Å². The first-order valence-corrected chi connectivity index (χ1v) is 6.15. The first-order valence-electron chi connectivity index (χ1n) is 6.15. The molecule has 0 aliphatic heterocycles. The summed E-state index contributed by atoms with van der Waals surface area (Å²) in [4.78, 5) is 6.54. The highest BCUT2D eigenvalue weighted by atomic mass is 16.3. The molecule has 0 bridgehead atoms. The van der Waals surface area contributed by atoms with E-state index in [1.54, 1.807) is 6.20 Å². The van der Waals surface area contributed by atoms with Gasteiger partial charge >= 0.3 is 0 Å². The number of aryl methyl sites for hydroxylation is 1. The SMILES string of the molecule is CCN(c1cc(CO)ccn1)c1ccccc1C. The van der Waals surface area contributed by atoms with E-state index in [0.717, 1.165) is 23.6 Å². The maximum Gasteiger partial charge on any atom is 0.133 e. The smallest absolute Gasteiger partial charge is 0.133 e. The third-order valence-corrected chi connectivity index (χ3v) is 2.99. The van der Waals surface area contributed by atoms with Crippen molar-refractivity contribution in [3.05, 3.63) is 53.7 Å². The summed E-state index contributed by atoms with van der Waals surface area (Å²) in [5.74, 6) is 0.873. The van der Waals surface area contributed by atoms with Crippen LogP contribution >= 0.6 is 0 Å². The summed E-state index contributed by atoms with van der Waals surface area (Å²) in [6.45, 7) is 5.07. The molecule has 2 aromatic rings. The Morgan fingerprint density at radius 3 is 2.67 bits per heavy atom. The van der Waals surface area contributed by atoms with Gasteiger partial charge in [0.25, 0.3) is 0 Å². The number of hydrogen-bond acceptors (Lipinski definition) is 3. The van der Waals surface area contributed by atoms with Crippen LogP contribution in [0.4, 0.5) is 11.5 Å². The number of aliphatic hydroxyl groups is 1. The fourth-order valence-corrected chi connectivity index (χ4v) is 2.03. The second-order valence-corrected chi connectivity index (χ2v) is 4.21. The molecular weight excluding hydrogens is 224 g/mol. The molecule has 1 heterocycles. The lowest BCUT2D eigenvalue weighted by Gasteiger charge is -2.24. The Morgan fingerprint density at radius 1 is 1.22 bits per heavy atom. The molecule has 0 fully saturated rings. The van der Waals surface area contributed by atoms with E-state index >= 15 is 0 Å². The number of nitrogens with zero attached hydrogens (tertiary/aromatic N) is 2. The zero-order chi connectivity index (χ0) is 13.0. The summed E-state index contributed by atoms with van der Waals surface area (Å²) >= 11 is 0. The van der Waals surface area contributed by atoms with Crippen LogP contribution in [0.25, 0.3) is 0 Å². The van der Waals surface area contributed by atoms with E-state index in [1.165, 1.54) is 5.56 Å².